The Hall–Kier alpha value is -0.0800. The summed E-state index contributed by atoms with van der Waals surface area (Å²) in [6.45, 7) is 3.68. The molecule has 0 unspecified atom stereocenters. The summed E-state index contributed by atoms with van der Waals surface area (Å²) in [4.78, 5) is 2.51. The molecule has 1 aliphatic heterocycles. The summed E-state index contributed by atoms with van der Waals surface area (Å²) in [6, 6.07) is 1.20. The molecule has 2 rings (SSSR count). The van der Waals surface area contributed by atoms with Crippen molar-refractivity contribution in [1.82, 2.24) is 4.90 Å². The molecule has 2 nitrogen and oxygen atoms in total. The third-order valence-electron chi connectivity index (χ3n) is 3.63. The molecule has 1 saturated heterocycles. The number of hydrogen-bond acceptors (Lipinski definition) is 2. The van der Waals surface area contributed by atoms with Crippen molar-refractivity contribution < 1.29 is 5.11 Å². The summed E-state index contributed by atoms with van der Waals surface area (Å²) >= 11 is 0. The highest BCUT2D eigenvalue weighted by Gasteiger charge is 2.38. The smallest absolute Gasteiger partial charge is 0.0584 e. The van der Waals surface area contributed by atoms with Crippen molar-refractivity contribution in [3.63, 3.8) is 0 Å². The molecule has 1 aliphatic carbocycles. The predicted molar refractivity (Wildman–Crippen MR) is 49.0 cm³/mol. The zero-order chi connectivity index (χ0) is 8.55. The Morgan fingerprint density at radius 2 is 2.25 bits per heavy atom. The minimum atomic E-state index is 0.323. The zero-order valence-corrected chi connectivity index (χ0v) is 7.87. The van der Waals surface area contributed by atoms with Gasteiger partial charge in [-0.15, -0.1) is 0 Å². The Morgan fingerprint density at radius 3 is 3.00 bits per heavy atom. The van der Waals surface area contributed by atoms with Crippen LogP contribution in [0.1, 0.15) is 32.6 Å². The fourth-order valence-electron chi connectivity index (χ4n) is 2.92. The second kappa shape index (κ2) is 3.35. The van der Waals surface area contributed by atoms with E-state index in [1.807, 2.05) is 0 Å². The van der Waals surface area contributed by atoms with Gasteiger partial charge >= 0.3 is 0 Å². The Bertz CT molecular complexity index is 160. The van der Waals surface area contributed by atoms with E-state index < -0.39 is 0 Å². The normalized spacial score (nSPS) is 38.5. The largest absolute Gasteiger partial charge is 0.395 e. The summed E-state index contributed by atoms with van der Waals surface area (Å²) in [7, 11) is 0. The highest BCUT2D eigenvalue weighted by Crippen LogP contribution is 2.38. The van der Waals surface area contributed by atoms with Crippen molar-refractivity contribution in [2.75, 3.05) is 13.2 Å². The number of nitrogens with zero attached hydrogens (tertiary/aromatic N) is 1. The van der Waals surface area contributed by atoms with Gasteiger partial charge in [0.25, 0.3) is 0 Å². The summed E-state index contributed by atoms with van der Waals surface area (Å²) < 4.78 is 0. The number of hydrogen-bond donors (Lipinski definition) is 1. The molecule has 12 heavy (non-hydrogen) atoms. The van der Waals surface area contributed by atoms with Crippen LogP contribution in [-0.4, -0.2) is 35.2 Å². The van der Waals surface area contributed by atoms with Crippen LogP contribution in [0.5, 0.6) is 0 Å². The van der Waals surface area contributed by atoms with Gasteiger partial charge in [-0.05, 0) is 38.6 Å². The van der Waals surface area contributed by atoms with Gasteiger partial charge in [-0.3, -0.25) is 4.90 Å². The molecule has 1 N–H and O–H groups in total. The van der Waals surface area contributed by atoms with E-state index >= 15 is 0 Å². The van der Waals surface area contributed by atoms with Gasteiger partial charge < -0.3 is 5.11 Å². The molecule has 0 radical (unpaired) electrons. The highest BCUT2D eigenvalue weighted by atomic mass is 16.3. The van der Waals surface area contributed by atoms with Gasteiger partial charge in [-0.25, -0.2) is 0 Å². The van der Waals surface area contributed by atoms with E-state index in [0.717, 1.165) is 12.0 Å². The molecule has 1 saturated carbocycles. The van der Waals surface area contributed by atoms with E-state index in [0.29, 0.717) is 12.6 Å². The number of likely N-dealkylation sites (tertiary alicyclic amines) is 1. The molecule has 0 bridgehead atoms. The lowest BCUT2D eigenvalue weighted by atomic mass is 10.0. The van der Waals surface area contributed by atoms with Crippen molar-refractivity contribution in [3.05, 3.63) is 0 Å². The quantitative estimate of drug-likeness (QED) is 0.672. The lowest BCUT2D eigenvalue weighted by molar-refractivity contribution is 0.119. The summed E-state index contributed by atoms with van der Waals surface area (Å²) in [5, 5.41) is 9.07. The van der Waals surface area contributed by atoms with E-state index in [4.69, 9.17) is 5.11 Å². The van der Waals surface area contributed by atoms with Crippen molar-refractivity contribution in [2.45, 2.75) is 44.7 Å². The predicted octanol–water partition coefficient (Wildman–Crippen LogP) is 1.24. The minimum Gasteiger partial charge on any atom is -0.395 e. The first-order valence-electron chi connectivity index (χ1n) is 5.19. The first-order chi connectivity index (χ1) is 5.83. The zero-order valence-electron chi connectivity index (χ0n) is 7.87. The lowest BCUT2D eigenvalue weighted by Gasteiger charge is -2.28. The Labute approximate surface area is 74.6 Å². The van der Waals surface area contributed by atoms with Crippen molar-refractivity contribution in [1.29, 1.82) is 0 Å². The minimum absolute atomic E-state index is 0.323. The molecule has 3 atom stereocenters. The third kappa shape index (κ3) is 1.27. The fraction of sp³-hybridized carbons (Fsp3) is 1.00. The molecule has 0 aromatic rings. The van der Waals surface area contributed by atoms with Crippen LogP contribution >= 0.6 is 0 Å². The SMILES string of the molecule is C[C@H](CO)N1CC[C@H]2CCC[C@H]21. The van der Waals surface area contributed by atoms with Gasteiger partial charge in [0.2, 0.25) is 0 Å². The molecule has 2 aliphatic rings. The molecule has 70 valence electrons. The molecule has 0 aromatic heterocycles. The second-order valence-corrected chi connectivity index (χ2v) is 4.32. The Morgan fingerprint density at radius 1 is 1.42 bits per heavy atom. The van der Waals surface area contributed by atoms with Gasteiger partial charge in [0.15, 0.2) is 0 Å². The van der Waals surface area contributed by atoms with Crippen LogP contribution in [0.2, 0.25) is 0 Å². The fourth-order valence-corrected chi connectivity index (χ4v) is 2.92. The van der Waals surface area contributed by atoms with Gasteiger partial charge in [0, 0.05) is 12.1 Å². The lowest BCUT2D eigenvalue weighted by Crippen LogP contribution is -2.39. The van der Waals surface area contributed by atoms with Crippen molar-refractivity contribution in [2.24, 2.45) is 5.92 Å². The molecule has 0 aromatic carbocycles. The van der Waals surface area contributed by atoms with E-state index in [9.17, 15) is 0 Å². The van der Waals surface area contributed by atoms with E-state index in [-0.39, 0.29) is 0 Å². The van der Waals surface area contributed by atoms with Gasteiger partial charge in [0.1, 0.15) is 0 Å². The molecular formula is C10H19NO. The van der Waals surface area contributed by atoms with Crippen LogP contribution in [0, 0.1) is 5.92 Å². The summed E-state index contributed by atoms with van der Waals surface area (Å²) in [5.74, 6) is 0.957. The van der Waals surface area contributed by atoms with Crippen molar-refractivity contribution >= 4 is 0 Å². The molecule has 0 spiro atoms. The van der Waals surface area contributed by atoms with Crippen LogP contribution in [0.4, 0.5) is 0 Å². The number of rotatable bonds is 2. The molecule has 2 heteroatoms. The topological polar surface area (TPSA) is 23.5 Å². The Balaban J connectivity index is 1.99. The number of aliphatic hydroxyl groups is 1. The van der Waals surface area contributed by atoms with Crippen LogP contribution < -0.4 is 0 Å². The Kier molecular flexibility index (Phi) is 2.37. The maximum atomic E-state index is 9.07. The van der Waals surface area contributed by atoms with Crippen LogP contribution in [0.25, 0.3) is 0 Å². The first kappa shape index (κ1) is 8.52. The number of aliphatic hydroxyl groups excluding tert-OH is 1. The van der Waals surface area contributed by atoms with Gasteiger partial charge in [-0.2, -0.15) is 0 Å². The maximum absolute atomic E-state index is 9.07. The summed E-state index contributed by atoms with van der Waals surface area (Å²) in [5.41, 5.74) is 0. The monoisotopic (exact) mass is 169 g/mol. The second-order valence-electron chi connectivity index (χ2n) is 4.32. The highest BCUT2D eigenvalue weighted by molar-refractivity contribution is 4.93. The van der Waals surface area contributed by atoms with Crippen LogP contribution in [0.15, 0.2) is 0 Å². The van der Waals surface area contributed by atoms with Crippen molar-refractivity contribution in [3.8, 4) is 0 Å². The standard InChI is InChI=1S/C10H19NO/c1-8(7-12)11-6-5-9-3-2-4-10(9)11/h8-10,12H,2-7H2,1H3/t8-,9-,10-/m1/s1. The van der Waals surface area contributed by atoms with Gasteiger partial charge in [-0.1, -0.05) is 6.42 Å². The molecule has 2 fully saturated rings. The average Bonchev–Trinajstić information content (AvgIpc) is 2.62. The first-order valence-corrected chi connectivity index (χ1v) is 5.19. The average molecular weight is 169 g/mol. The molecule has 1 heterocycles. The van der Waals surface area contributed by atoms with Crippen LogP contribution in [0.3, 0.4) is 0 Å². The summed E-state index contributed by atoms with van der Waals surface area (Å²) in [6.07, 6.45) is 5.58. The van der Waals surface area contributed by atoms with Gasteiger partial charge in [0.05, 0.1) is 6.61 Å². The molecule has 0 amide bonds. The van der Waals surface area contributed by atoms with E-state index in [1.165, 1.54) is 32.2 Å². The van der Waals surface area contributed by atoms with E-state index in [2.05, 4.69) is 11.8 Å². The maximum Gasteiger partial charge on any atom is 0.0584 e. The van der Waals surface area contributed by atoms with E-state index in [1.54, 1.807) is 0 Å². The molecular weight excluding hydrogens is 150 g/mol. The third-order valence-corrected chi connectivity index (χ3v) is 3.63. The van der Waals surface area contributed by atoms with Crippen LogP contribution in [-0.2, 0) is 0 Å². The number of fused-ring (bicyclic) bond motifs is 1.